The van der Waals surface area contributed by atoms with Crippen LogP contribution in [-0.4, -0.2) is 19.6 Å². The Hall–Kier alpha value is -4.53. The maximum atomic E-state index is 11.5. The van der Waals surface area contributed by atoms with E-state index in [2.05, 4.69) is 173 Å². The van der Waals surface area contributed by atoms with Crippen molar-refractivity contribution in [3.8, 4) is 50.5 Å². The van der Waals surface area contributed by atoms with Gasteiger partial charge in [-0.05, 0) is 101 Å². The van der Waals surface area contributed by atoms with Crippen LogP contribution < -0.4 is 0 Å². The van der Waals surface area contributed by atoms with E-state index in [9.17, 15) is 5.11 Å². The molecule has 56 heavy (non-hydrogen) atoms. The second-order valence-electron chi connectivity index (χ2n) is 19.4. The molecule has 0 atom stereocenters. The summed E-state index contributed by atoms with van der Waals surface area (Å²) in [4.78, 5) is 10.4. The summed E-state index contributed by atoms with van der Waals surface area (Å²) >= 11 is 0. The Labute approximate surface area is 348 Å². The van der Waals surface area contributed by atoms with Crippen LogP contribution in [0.5, 0.6) is 5.75 Å². The zero-order valence-electron chi connectivity index (χ0n) is 35.3. The van der Waals surface area contributed by atoms with Gasteiger partial charge in [0.2, 0.25) is 0 Å². The Morgan fingerprint density at radius 1 is 0.571 bits per heavy atom. The summed E-state index contributed by atoms with van der Waals surface area (Å²) in [6.07, 6.45) is 1.88. The van der Waals surface area contributed by atoms with Crippen molar-refractivity contribution in [3.63, 3.8) is 0 Å². The van der Waals surface area contributed by atoms with Crippen LogP contribution in [-0.2, 0) is 42.8 Å². The van der Waals surface area contributed by atoms with Crippen molar-refractivity contribution in [2.45, 2.75) is 112 Å². The van der Waals surface area contributed by atoms with Gasteiger partial charge in [0, 0.05) is 38.3 Å². The van der Waals surface area contributed by atoms with Gasteiger partial charge in [0.15, 0.2) is 0 Å². The number of aromatic hydroxyl groups is 1. The van der Waals surface area contributed by atoms with Crippen molar-refractivity contribution in [3.05, 3.63) is 126 Å². The smallest absolute Gasteiger partial charge is 0.144 e. The molecule has 2 heterocycles. The van der Waals surface area contributed by atoms with Gasteiger partial charge in [-0.15, -0.1) is 34.9 Å². The van der Waals surface area contributed by atoms with Gasteiger partial charge >= 0.3 is 0 Å². The van der Waals surface area contributed by atoms with Crippen LogP contribution in [0.4, 0.5) is 0 Å². The number of phenolic OH excluding ortho intramolecular Hbond substituents is 1. The number of imidazole rings is 1. The Morgan fingerprint density at radius 2 is 1.18 bits per heavy atom. The SMILES string of the molecule is Cc1ccc(-c2[c-]c(-c3cc(-c4ccc(C(C)(C)C)cc4)cc4c3nc(-c3cc(C(C)(C)C)ccc3O)n4C(C)(C)C)cc(C(C)(C)C)c2)c2ncccc12.[Pt]. The predicted molar refractivity (Wildman–Crippen MR) is 233 cm³/mol. The van der Waals surface area contributed by atoms with Gasteiger partial charge in [0.25, 0.3) is 0 Å². The molecule has 0 spiro atoms. The average molecular weight is 922 g/mol. The third-order valence-corrected chi connectivity index (χ3v) is 10.9. The first-order valence-electron chi connectivity index (χ1n) is 19.6. The summed E-state index contributed by atoms with van der Waals surface area (Å²) in [6.45, 7) is 28.9. The minimum absolute atomic E-state index is 0. The molecule has 0 saturated carbocycles. The number of rotatable bonds is 4. The zero-order chi connectivity index (χ0) is 39.8. The molecule has 7 rings (SSSR count). The maximum Gasteiger partial charge on any atom is 0.144 e. The van der Waals surface area contributed by atoms with Crippen LogP contribution in [0.25, 0.3) is 66.7 Å². The zero-order valence-corrected chi connectivity index (χ0v) is 37.6. The van der Waals surface area contributed by atoms with Crippen LogP contribution in [0.2, 0.25) is 0 Å². The second kappa shape index (κ2) is 14.4. The number of hydrogen-bond acceptors (Lipinski definition) is 3. The molecule has 2 aromatic heterocycles. The monoisotopic (exact) mass is 921 g/mol. The van der Waals surface area contributed by atoms with Gasteiger partial charge in [-0.25, -0.2) is 4.98 Å². The number of aromatic nitrogens is 3. The molecule has 4 nitrogen and oxygen atoms in total. The van der Waals surface area contributed by atoms with Gasteiger partial charge in [0.05, 0.1) is 16.6 Å². The molecule has 0 fully saturated rings. The molecule has 0 unspecified atom stereocenters. The van der Waals surface area contributed by atoms with Crippen molar-refractivity contribution in [1.82, 2.24) is 14.5 Å². The van der Waals surface area contributed by atoms with Gasteiger partial charge in [0.1, 0.15) is 11.6 Å². The number of phenols is 1. The predicted octanol–water partition coefficient (Wildman–Crippen LogP) is 13.7. The summed E-state index contributed by atoms with van der Waals surface area (Å²) in [5, 5.41) is 12.7. The molecule has 0 aliphatic carbocycles. The molecule has 0 saturated heterocycles. The number of hydrogen-bond donors (Lipinski definition) is 1. The Balaban J connectivity index is 0.00000532. The van der Waals surface area contributed by atoms with E-state index in [1.165, 1.54) is 16.7 Å². The molecule has 0 radical (unpaired) electrons. The molecule has 7 aromatic rings. The fraction of sp³-hybridized carbons (Fsp3) is 0.333. The van der Waals surface area contributed by atoms with E-state index in [0.717, 1.165) is 72.3 Å². The topological polar surface area (TPSA) is 50.9 Å². The van der Waals surface area contributed by atoms with E-state index in [0.29, 0.717) is 0 Å². The minimum Gasteiger partial charge on any atom is -0.507 e. The quantitative estimate of drug-likeness (QED) is 0.179. The van der Waals surface area contributed by atoms with E-state index >= 15 is 0 Å². The second-order valence-corrected chi connectivity index (χ2v) is 19.4. The number of pyridine rings is 1. The first kappa shape index (κ1) is 41.1. The largest absolute Gasteiger partial charge is 0.507 e. The minimum atomic E-state index is -0.366. The normalized spacial score (nSPS) is 12.7. The van der Waals surface area contributed by atoms with Crippen LogP contribution in [0.15, 0.2) is 97.2 Å². The first-order chi connectivity index (χ1) is 25.6. The third-order valence-electron chi connectivity index (χ3n) is 10.9. The van der Waals surface area contributed by atoms with Gasteiger partial charge in [-0.3, -0.25) is 4.98 Å². The van der Waals surface area contributed by atoms with Crippen molar-refractivity contribution >= 4 is 21.9 Å². The average Bonchev–Trinajstić information content (AvgIpc) is 3.50. The van der Waals surface area contributed by atoms with Crippen molar-refractivity contribution in [1.29, 1.82) is 0 Å². The number of nitrogens with zero attached hydrogens (tertiary/aromatic N) is 3. The Bertz CT molecular complexity index is 2580. The van der Waals surface area contributed by atoms with Crippen LogP contribution in [0, 0.1) is 13.0 Å². The molecule has 5 heteroatoms. The molecule has 292 valence electrons. The molecule has 0 aliphatic rings. The van der Waals surface area contributed by atoms with E-state index in [1.807, 2.05) is 24.4 Å². The molecule has 0 aliphatic heterocycles. The maximum absolute atomic E-state index is 11.5. The molecular weight excluding hydrogens is 866 g/mol. The van der Waals surface area contributed by atoms with Gasteiger partial charge in [-0.1, -0.05) is 128 Å². The fourth-order valence-electron chi connectivity index (χ4n) is 7.58. The Kier molecular flexibility index (Phi) is 10.6. The Morgan fingerprint density at radius 3 is 1.79 bits per heavy atom. The van der Waals surface area contributed by atoms with Crippen LogP contribution in [0.3, 0.4) is 0 Å². The van der Waals surface area contributed by atoms with Crippen molar-refractivity contribution in [2.75, 3.05) is 0 Å². The van der Waals surface area contributed by atoms with Crippen LogP contribution >= 0.6 is 0 Å². The third kappa shape index (κ3) is 7.75. The fourth-order valence-corrected chi connectivity index (χ4v) is 7.58. The van der Waals surface area contributed by atoms with Crippen molar-refractivity contribution in [2.24, 2.45) is 0 Å². The van der Waals surface area contributed by atoms with Gasteiger partial charge in [-0.2, -0.15) is 0 Å². The number of fused-ring (bicyclic) bond motifs is 2. The summed E-state index contributed by atoms with van der Waals surface area (Å²) < 4.78 is 2.31. The van der Waals surface area contributed by atoms with Gasteiger partial charge < -0.3 is 9.67 Å². The summed E-state index contributed by atoms with van der Waals surface area (Å²) in [5.74, 6) is 0.962. The van der Waals surface area contributed by atoms with Crippen molar-refractivity contribution < 1.29 is 26.2 Å². The first-order valence-corrected chi connectivity index (χ1v) is 19.6. The summed E-state index contributed by atoms with van der Waals surface area (Å²) in [6, 6.07) is 36.5. The van der Waals surface area contributed by atoms with Crippen LogP contribution in [0.1, 0.15) is 105 Å². The number of aryl methyl sites for hydroxylation is 1. The standard InChI is InChI=1S/C51H56N3O.Pt/c1-31-16-22-40(45-39(31)15-14-24-52-45)34-25-35(27-38(26-34)50(8,9)10)41-28-33(32-17-19-36(20-18-32)48(2,3)4)29-43-46(41)53-47(54(43)51(11,12)13)42-30-37(49(5,6)7)21-23-44(42)55;/h14-24,26-30,55H,1-13H3;/q-1;. The van der Waals surface area contributed by atoms with E-state index in [-0.39, 0.29) is 48.6 Å². The number of benzene rings is 5. The molecular formula is C51H56N3OPt-. The molecule has 5 aromatic carbocycles. The molecule has 1 N–H and O–H groups in total. The van der Waals surface area contributed by atoms with E-state index in [1.54, 1.807) is 0 Å². The summed E-state index contributed by atoms with van der Waals surface area (Å²) in [7, 11) is 0. The molecule has 0 bridgehead atoms. The van der Waals surface area contributed by atoms with E-state index < -0.39 is 0 Å². The summed E-state index contributed by atoms with van der Waals surface area (Å²) in [5.41, 5.74) is 14.1. The molecule has 0 amide bonds. The van der Waals surface area contributed by atoms with E-state index in [4.69, 9.17) is 9.97 Å².